The van der Waals surface area contributed by atoms with E-state index in [0.29, 0.717) is 13.0 Å². The molecule has 1 saturated heterocycles. The molecule has 0 atom stereocenters. The Morgan fingerprint density at radius 2 is 1.94 bits per heavy atom. The molecule has 1 amide bonds. The fraction of sp³-hybridized carbons (Fsp3) is 0.333. The van der Waals surface area contributed by atoms with E-state index in [1.54, 1.807) is 18.4 Å². The minimum Gasteiger partial charge on any atom is -0.497 e. The number of methoxy groups -OCH3 is 1. The molecule has 34 heavy (non-hydrogen) atoms. The zero-order chi connectivity index (χ0) is 23.3. The number of amides is 1. The lowest BCUT2D eigenvalue weighted by Crippen LogP contribution is -2.39. The maximum atomic E-state index is 13.7. The molecule has 0 saturated carbocycles. The van der Waals surface area contributed by atoms with Crippen LogP contribution in [0, 0.1) is 0 Å². The van der Waals surface area contributed by atoms with E-state index >= 15 is 0 Å². The number of anilines is 1. The summed E-state index contributed by atoms with van der Waals surface area (Å²) in [6.45, 7) is 5.04. The third kappa shape index (κ3) is 5.06. The molecule has 1 aliphatic heterocycles. The summed E-state index contributed by atoms with van der Waals surface area (Å²) in [5, 5.41) is 3.02. The van der Waals surface area contributed by atoms with Crippen LogP contribution in [0.3, 0.4) is 0 Å². The van der Waals surface area contributed by atoms with Crippen molar-refractivity contribution in [2.45, 2.75) is 12.8 Å². The van der Waals surface area contributed by atoms with Gasteiger partial charge in [-0.25, -0.2) is 4.98 Å². The molecular weight excluding hydrogens is 446 g/mol. The Bertz CT molecular complexity index is 1280. The fourth-order valence-corrected chi connectivity index (χ4v) is 5.48. The van der Waals surface area contributed by atoms with E-state index in [1.807, 2.05) is 41.3 Å². The van der Waals surface area contributed by atoms with Crippen LogP contribution in [0.4, 0.5) is 5.13 Å². The van der Waals surface area contributed by atoms with Crippen LogP contribution in [-0.4, -0.2) is 62.3 Å². The molecule has 0 unspecified atom stereocenters. The normalized spacial score (nSPS) is 14.5. The van der Waals surface area contributed by atoms with Crippen molar-refractivity contribution in [2.75, 3.05) is 51.4 Å². The Morgan fingerprint density at radius 1 is 1.12 bits per heavy atom. The van der Waals surface area contributed by atoms with Gasteiger partial charge in [-0.1, -0.05) is 53.8 Å². The second-order valence-electron chi connectivity index (χ2n) is 8.50. The van der Waals surface area contributed by atoms with Crippen molar-refractivity contribution in [1.82, 2.24) is 9.88 Å². The molecular formula is C27H29N3O3S. The van der Waals surface area contributed by atoms with Crippen molar-refractivity contribution < 1.29 is 14.3 Å². The quantitative estimate of drug-likeness (QED) is 0.368. The molecule has 1 fully saturated rings. The summed E-state index contributed by atoms with van der Waals surface area (Å²) in [7, 11) is 1.66. The zero-order valence-corrected chi connectivity index (χ0v) is 20.2. The van der Waals surface area contributed by atoms with Gasteiger partial charge in [-0.15, -0.1) is 0 Å². The summed E-state index contributed by atoms with van der Waals surface area (Å²) < 4.78 is 11.9. The van der Waals surface area contributed by atoms with Gasteiger partial charge < -0.3 is 9.47 Å². The number of carbonyl (C=O) groups excluding carboxylic acids is 1. The van der Waals surface area contributed by atoms with Crippen LogP contribution < -0.4 is 9.64 Å². The highest BCUT2D eigenvalue weighted by Crippen LogP contribution is 2.32. The molecule has 0 N–H and O–H groups in total. The topological polar surface area (TPSA) is 54.9 Å². The third-order valence-corrected chi connectivity index (χ3v) is 7.34. The van der Waals surface area contributed by atoms with Crippen molar-refractivity contribution in [1.29, 1.82) is 0 Å². The monoisotopic (exact) mass is 475 g/mol. The first-order valence-electron chi connectivity index (χ1n) is 11.7. The Kier molecular flexibility index (Phi) is 7.04. The number of morpholine rings is 1. The number of hydrogen-bond acceptors (Lipinski definition) is 6. The maximum Gasteiger partial charge on any atom is 0.233 e. The van der Waals surface area contributed by atoms with Crippen LogP contribution in [-0.2, 0) is 16.0 Å². The molecule has 5 rings (SSSR count). The van der Waals surface area contributed by atoms with Gasteiger partial charge in [0.2, 0.25) is 5.91 Å². The lowest BCUT2D eigenvalue weighted by Gasteiger charge is -2.27. The molecule has 0 radical (unpaired) electrons. The average molecular weight is 476 g/mol. The first kappa shape index (κ1) is 22.8. The molecule has 1 aliphatic rings. The first-order valence-corrected chi connectivity index (χ1v) is 12.5. The number of benzene rings is 3. The lowest BCUT2D eigenvalue weighted by atomic mass is 10.0. The highest BCUT2D eigenvalue weighted by atomic mass is 32.1. The molecule has 6 nitrogen and oxygen atoms in total. The number of hydrogen-bond donors (Lipinski definition) is 0. The van der Waals surface area contributed by atoms with Crippen molar-refractivity contribution in [3.63, 3.8) is 0 Å². The van der Waals surface area contributed by atoms with Gasteiger partial charge in [0.25, 0.3) is 0 Å². The largest absolute Gasteiger partial charge is 0.497 e. The number of rotatable bonds is 8. The Morgan fingerprint density at radius 3 is 2.79 bits per heavy atom. The summed E-state index contributed by atoms with van der Waals surface area (Å²) in [5.74, 6) is 0.869. The summed E-state index contributed by atoms with van der Waals surface area (Å²) in [6, 6.07) is 20.2. The van der Waals surface area contributed by atoms with Crippen molar-refractivity contribution in [3.05, 3.63) is 66.2 Å². The van der Waals surface area contributed by atoms with E-state index in [9.17, 15) is 4.79 Å². The lowest BCUT2D eigenvalue weighted by molar-refractivity contribution is -0.118. The number of aromatic nitrogens is 1. The van der Waals surface area contributed by atoms with E-state index < -0.39 is 0 Å². The third-order valence-electron chi connectivity index (χ3n) is 6.30. The van der Waals surface area contributed by atoms with E-state index in [2.05, 4.69) is 29.2 Å². The Labute approximate surface area is 203 Å². The summed E-state index contributed by atoms with van der Waals surface area (Å²) >= 11 is 1.54. The maximum absolute atomic E-state index is 13.7. The number of fused-ring (bicyclic) bond motifs is 2. The van der Waals surface area contributed by atoms with Crippen molar-refractivity contribution in [2.24, 2.45) is 0 Å². The van der Waals surface area contributed by atoms with Crippen LogP contribution >= 0.6 is 11.3 Å². The minimum absolute atomic E-state index is 0.0735. The summed E-state index contributed by atoms with van der Waals surface area (Å²) in [6.07, 6.45) is 1.23. The molecule has 2 heterocycles. The minimum atomic E-state index is 0.0735. The predicted octanol–water partition coefficient (Wildman–Crippen LogP) is 4.76. The van der Waals surface area contributed by atoms with Crippen molar-refractivity contribution in [3.8, 4) is 5.75 Å². The molecule has 0 spiro atoms. The molecule has 0 aliphatic carbocycles. The van der Waals surface area contributed by atoms with E-state index in [1.165, 1.54) is 0 Å². The van der Waals surface area contributed by atoms with Gasteiger partial charge in [-0.05, 0) is 41.0 Å². The molecule has 176 valence electrons. The molecule has 3 aromatic carbocycles. The van der Waals surface area contributed by atoms with Crippen LogP contribution in [0.2, 0.25) is 0 Å². The van der Waals surface area contributed by atoms with Crippen LogP contribution in [0.1, 0.15) is 12.0 Å². The fourth-order valence-electron chi connectivity index (χ4n) is 4.44. The van der Waals surface area contributed by atoms with E-state index in [4.69, 9.17) is 14.5 Å². The zero-order valence-electron chi connectivity index (χ0n) is 19.4. The van der Waals surface area contributed by atoms with Crippen LogP contribution in [0.5, 0.6) is 5.75 Å². The van der Waals surface area contributed by atoms with Gasteiger partial charge in [0.1, 0.15) is 5.75 Å². The highest BCUT2D eigenvalue weighted by molar-refractivity contribution is 7.22. The van der Waals surface area contributed by atoms with Gasteiger partial charge in [-0.2, -0.15) is 0 Å². The second-order valence-corrected chi connectivity index (χ2v) is 9.51. The van der Waals surface area contributed by atoms with Gasteiger partial charge in [0, 0.05) is 26.2 Å². The number of carbonyl (C=O) groups is 1. The van der Waals surface area contributed by atoms with Gasteiger partial charge >= 0.3 is 0 Å². The molecule has 7 heteroatoms. The number of thiazole rings is 1. The van der Waals surface area contributed by atoms with Crippen LogP contribution in [0.25, 0.3) is 21.0 Å². The van der Waals surface area contributed by atoms with E-state index in [0.717, 1.165) is 76.7 Å². The molecule has 1 aromatic heterocycles. The van der Waals surface area contributed by atoms with Gasteiger partial charge in [-0.3, -0.25) is 14.6 Å². The first-order chi connectivity index (χ1) is 16.7. The average Bonchev–Trinajstić information content (AvgIpc) is 3.30. The molecule has 4 aromatic rings. The smallest absolute Gasteiger partial charge is 0.233 e. The second kappa shape index (κ2) is 10.5. The summed E-state index contributed by atoms with van der Waals surface area (Å²) in [5.41, 5.74) is 1.93. The van der Waals surface area contributed by atoms with Crippen LogP contribution in [0.15, 0.2) is 60.7 Å². The molecule has 0 bridgehead atoms. The summed E-state index contributed by atoms with van der Waals surface area (Å²) in [4.78, 5) is 22.8. The standard InChI is InChI=1S/C27H29N3O3S/c1-32-22-10-11-24-25(19-22)34-27(28-24)30(13-5-12-29-14-16-33-17-15-29)26(31)18-21-8-4-7-20-6-2-3-9-23(20)21/h2-4,6-11,19H,5,12-18H2,1H3. The Hall–Kier alpha value is -3.00. The van der Waals surface area contributed by atoms with Gasteiger partial charge in [0.05, 0.1) is 37.0 Å². The number of nitrogens with zero attached hydrogens (tertiary/aromatic N) is 3. The SMILES string of the molecule is COc1ccc2nc(N(CCCN3CCOCC3)C(=O)Cc3cccc4ccccc34)sc2c1. The predicted molar refractivity (Wildman–Crippen MR) is 138 cm³/mol. The van der Waals surface area contributed by atoms with Crippen molar-refractivity contribution >= 4 is 43.4 Å². The van der Waals surface area contributed by atoms with Gasteiger partial charge in [0.15, 0.2) is 5.13 Å². The Balaban J connectivity index is 1.40. The highest BCUT2D eigenvalue weighted by Gasteiger charge is 2.21. The number of ether oxygens (including phenoxy) is 2. The van der Waals surface area contributed by atoms with E-state index in [-0.39, 0.29) is 5.91 Å².